The lowest BCUT2D eigenvalue weighted by Gasteiger charge is -2.36. The van der Waals surface area contributed by atoms with Crippen molar-refractivity contribution >= 4 is 22.0 Å². The van der Waals surface area contributed by atoms with Gasteiger partial charge in [0.05, 0.1) is 5.92 Å². The average molecular weight is 488 g/mol. The molecular weight excluding hydrogens is 456 g/mol. The fraction of sp³-hybridized carbons (Fsp3) is 0.636. The minimum absolute atomic E-state index is 0.0790. The minimum Gasteiger partial charge on any atom is -0.444 e. The van der Waals surface area contributed by atoms with E-state index in [2.05, 4.69) is 5.32 Å². The van der Waals surface area contributed by atoms with Crippen LogP contribution in [-0.2, 0) is 19.6 Å². The van der Waals surface area contributed by atoms with E-state index >= 15 is 0 Å². The van der Waals surface area contributed by atoms with Crippen molar-refractivity contribution in [1.29, 1.82) is 0 Å². The summed E-state index contributed by atoms with van der Waals surface area (Å²) in [4.78, 5) is 25.8. The van der Waals surface area contributed by atoms with Crippen molar-refractivity contribution in [2.45, 2.75) is 63.0 Å². The Kier molecular flexibility index (Phi) is 7.62. The number of nitrogens with zero attached hydrogens (tertiary/aromatic N) is 2. The van der Waals surface area contributed by atoms with E-state index in [1.165, 1.54) is 4.90 Å². The molecule has 2 atom stereocenters. The Morgan fingerprint density at radius 1 is 1.06 bits per heavy atom. The van der Waals surface area contributed by atoms with Gasteiger partial charge in [-0.15, -0.1) is 0 Å². The highest BCUT2D eigenvalue weighted by atomic mass is 32.2. The van der Waals surface area contributed by atoms with Crippen molar-refractivity contribution in [3.63, 3.8) is 0 Å². The maximum atomic E-state index is 14.1. The topological polar surface area (TPSA) is 96.0 Å². The zero-order valence-electron chi connectivity index (χ0n) is 19.1. The lowest BCUT2D eigenvalue weighted by Crippen LogP contribution is -2.53. The monoisotopic (exact) mass is 487 g/mol. The highest BCUT2D eigenvalue weighted by molar-refractivity contribution is 7.89. The second-order valence-electron chi connectivity index (χ2n) is 9.53. The summed E-state index contributed by atoms with van der Waals surface area (Å²) in [6, 6.07) is 2.41. The molecule has 2 saturated heterocycles. The Labute approximate surface area is 193 Å². The third-order valence-electron chi connectivity index (χ3n) is 5.69. The lowest BCUT2D eigenvalue weighted by atomic mass is 9.96. The van der Waals surface area contributed by atoms with E-state index in [-0.39, 0.29) is 25.5 Å². The van der Waals surface area contributed by atoms with Crippen molar-refractivity contribution in [3.05, 3.63) is 29.8 Å². The Morgan fingerprint density at radius 3 is 2.33 bits per heavy atom. The van der Waals surface area contributed by atoms with Gasteiger partial charge in [-0.2, -0.15) is 4.31 Å². The molecule has 1 aromatic carbocycles. The fourth-order valence-electron chi connectivity index (χ4n) is 4.14. The van der Waals surface area contributed by atoms with Gasteiger partial charge < -0.3 is 15.0 Å². The Morgan fingerprint density at radius 2 is 1.70 bits per heavy atom. The first kappa shape index (κ1) is 25.4. The molecule has 2 fully saturated rings. The Hall–Kier alpha value is -2.27. The first-order valence-electron chi connectivity index (χ1n) is 11.1. The normalized spacial score (nSPS) is 22.6. The second-order valence-corrected chi connectivity index (χ2v) is 11.4. The van der Waals surface area contributed by atoms with E-state index < -0.39 is 50.2 Å². The van der Waals surface area contributed by atoms with Crippen LogP contribution < -0.4 is 5.32 Å². The van der Waals surface area contributed by atoms with Crippen LogP contribution in [-0.4, -0.2) is 67.4 Å². The number of likely N-dealkylation sites (tertiary alicyclic amines) is 1. The number of rotatable bonds is 4. The largest absolute Gasteiger partial charge is 0.444 e. The van der Waals surface area contributed by atoms with E-state index in [0.717, 1.165) is 22.5 Å². The predicted molar refractivity (Wildman–Crippen MR) is 117 cm³/mol. The van der Waals surface area contributed by atoms with Crippen LogP contribution in [0.4, 0.5) is 13.6 Å². The Balaban J connectivity index is 1.63. The molecule has 2 aliphatic heterocycles. The highest BCUT2D eigenvalue weighted by Gasteiger charge is 2.36. The number of ether oxygens (including phenoxy) is 1. The van der Waals surface area contributed by atoms with Crippen molar-refractivity contribution in [3.8, 4) is 0 Å². The van der Waals surface area contributed by atoms with E-state index in [1.807, 2.05) is 0 Å². The number of sulfonamides is 1. The van der Waals surface area contributed by atoms with Crippen molar-refractivity contribution in [1.82, 2.24) is 14.5 Å². The first-order chi connectivity index (χ1) is 15.4. The summed E-state index contributed by atoms with van der Waals surface area (Å²) in [7, 11) is -4.39. The molecule has 33 heavy (non-hydrogen) atoms. The molecule has 0 radical (unpaired) electrons. The van der Waals surface area contributed by atoms with Crippen LogP contribution in [0.25, 0.3) is 0 Å². The van der Waals surface area contributed by atoms with Crippen molar-refractivity contribution < 1.29 is 31.5 Å². The van der Waals surface area contributed by atoms with Crippen LogP contribution in [0.15, 0.2) is 23.1 Å². The number of piperidine rings is 2. The zero-order chi connectivity index (χ0) is 24.4. The fourth-order valence-corrected chi connectivity index (χ4v) is 5.77. The standard InChI is InChI=1S/C22H31F2N3O5S/c1-22(2,3)32-21(29)26-11-5-7-15(13-26)20(28)25-16-8-6-12-27(14-16)33(30,31)19-17(23)9-4-10-18(19)24/h4,9-10,15-16H,5-8,11-14H2,1-3H3,(H,25,28)/t15-,16+/m0/s1. The van der Waals surface area contributed by atoms with Gasteiger partial charge in [0.2, 0.25) is 15.9 Å². The van der Waals surface area contributed by atoms with Crippen molar-refractivity contribution in [2.75, 3.05) is 26.2 Å². The van der Waals surface area contributed by atoms with E-state index in [4.69, 9.17) is 4.74 Å². The molecule has 0 aromatic heterocycles. The predicted octanol–water partition coefficient (Wildman–Crippen LogP) is 2.88. The van der Waals surface area contributed by atoms with Gasteiger partial charge in [-0.25, -0.2) is 22.0 Å². The van der Waals surface area contributed by atoms with Gasteiger partial charge in [0.25, 0.3) is 0 Å². The average Bonchev–Trinajstić information content (AvgIpc) is 2.72. The number of halogens is 2. The van der Waals surface area contributed by atoms with Gasteiger partial charge in [-0.1, -0.05) is 6.07 Å². The third kappa shape index (κ3) is 6.20. The number of carbonyl (C=O) groups excluding carboxylic acids is 2. The number of hydrogen-bond donors (Lipinski definition) is 1. The SMILES string of the molecule is CC(C)(C)OC(=O)N1CCC[C@H](C(=O)N[C@@H]2CCCN(S(=O)(=O)c3c(F)cccc3F)C2)C1. The van der Waals surface area contributed by atoms with Gasteiger partial charge >= 0.3 is 6.09 Å². The van der Waals surface area contributed by atoms with Crippen molar-refractivity contribution in [2.24, 2.45) is 5.92 Å². The number of carbonyl (C=O) groups is 2. The number of hydrogen-bond acceptors (Lipinski definition) is 5. The molecule has 184 valence electrons. The summed E-state index contributed by atoms with van der Waals surface area (Å²) in [5, 5.41) is 2.87. The second kappa shape index (κ2) is 9.92. The number of nitrogens with one attached hydrogen (secondary N) is 1. The summed E-state index contributed by atoms with van der Waals surface area (Å²) >= 11 is 0. The van der Waals surface area contributed by atoms with Gasteiger partial charge in [-0.3, -0.25) is 4.79 Å². The molecule has 2 aliphatic rings. The van der Waals surface area contributed by atoms with E-state index in [9.17, 15) is 26.8 Å². The molecule has 1 aromatic rings. The number of amides is 2. The van der Waals surface area contributed by atoms with E-state index in [0.29, 0.717) is 32.2 Å². The van der Waals surface area contributed by atoms with Crippen LogP contribution in [0.1, 0.15) is 46.5 Å². The summed E-state index contributed by atoms with van der Waals surface area (Å²) < 4.78 is 60.3. The van der Waals surface area contributed by atoms with Crippen LogP contribution in [0.2, 0.25) is 0 Å². The third-order valence-corrected chi connectivity index (χ3v) is 7.61. The van der Waals surface area contributed by atoms with Crippen LogP contribution in [0.3, 0.4) is 0 Å². The summed E-state index contributed by atoms with van der Waals surface area (Å²) in [5.74, 6) is -3.01. The minimum atomic E-state index is -4.39. The van der Waals surface area contributed by atoms with E-state index in [1.54, 1.807) is 20.8 Å². The van der Waals surface area contributed by atoms with Gasteiger partial charge in [0.15, 0.2) is 4.90 Å². The molecule has 2 amide bonds. The maximum Gasteiger partial charge on any atom is 0.410 e. The van der Waals surface area contributed by atoms with Crippen LogP contribution >= 0.6 is 0 Å². The molecule has 1 N–H and O–H groups in total. The van der Waals surface area contributed by atoms with Gasteiger partial charge in [-0.05, 0) is 58.6 Å². The van der Waals surface area contributed by atoms with Gasteiger partial charge in [0, 0.05) is 32.2 Å². The van der Waals surface area contributed by atoms with Gasteiger partial charge in [0.1, 0.15) is 17.2 Å². The lowest BCUT2D eigenvalue weighted by molar-refractivity contribution is -0.127. The summed E-state index contributed by atoms with van der Waals surface area (Å²) in [6.45, 7) is 6.07. The number of benzene rings is 1. The Bertz CT molecular complexity index is 976. The molecule has 0 bridgehead atoms. The first-order valence-corrected chi connectivity index (χ1v) is 12.5. The molecule has 0 aliphatic carbocycles. The molecular formula is C22H31F2N3O5S. The maximum absolute atomic E-state index is 14.1. The summed E-state index contributed by atoms with van der Waals surface area (Å²) in [5.41, 5.74) is -0.638. The molecule has 0 spiro atoms. The van der Waals surface area contributed by atoms with Crippen LogP contribution in [0.5, 0.6) is 0 Å². The smallest absolute Gasteiger partial charge is 0.410 e. The quantitative estimate of drug-likeness (QED) is 0.705. The molecule has 2 heterocycles. The van der Waals surface area contributed by atoms with Crippen LogP contribution in [0, 0.1) is 17.6 Å². The molecule has 11 heteroatoms. The zero-order valence-corrected chi connectivity index (χ0v) is 20.0. The molecule has 8 nitrogen and oxygen atoms in total. The summed E-state index contributed by atoms with van der Waals surface area (Å²) in [6.07, 6.45) is 1.76. The molecule has 3 rings (SSSR count). The molecule has 0 unspecified atom stereocenters. The highest BCUT2D eigenvalue weighted by Crippen LogP contribution is 2.26. The molecule has 0 saturated carbocycles.